The minimum atomic E-state index is -1.16. The molecule has 1 unspecified atom stereocenters. The molecule has 0 bridgehead atoms. The van der Waals surface area contributed by atoms with Crippen LogP contribution in [-0.4, -0.2) is 12.2 Å². The first-order valence-corrected chi connectivity index (χ1v) is 5.78. The van der Waals surface area contributed by atoms with Gasteiger partial charge in [-0.3, -0.25) is 0 Å². The van der Waals surface area contributed by atoms with Gasteiger partial charge in [-0.05, 0) is 18.2 Å². The summed E-state index contributed by atoms with van der Waals surface area (Å²) in [6, 6.07) is 11.2. The van der Waals surface area contributed by atoms with Crippen LogP contribution >= 0.6 is 11.6 Å². The number of methoxy groups -OCH3 is 1. The predicted octanol–water partition coefficient (Wildman–Crippen LogP) is 3.57. The number of hydrogen-bond donors (Lipinski definition) is 1. The van der Waals surface area contributed by atoms with Crippen LogP contribution in [0.15, 0.2) is 42.5 Å². The highest BCUT2D eigenvalue weighted by atomic mass is 35.5. The molecular weight excluding hydrogens is 255 g/mol. The lowest BCUT2D eigenvalue weighted by Crippen LogP contribution is -2.05. The summed E-state index contributed by atoms with van der Waals surface area (Å²) < 4.78 is 18.9. The summed E-state index contributed by atoms with van der Waals surface area (Å²) >= 11 is 5.93. The van der Waals surface area contributed by atoms with Crippen molar-refractivity contribution in [2.24, 2.45) is 0 Å². The fourth-order valence-electron chi connectivity index (χ4n) is 1.82. The molecule has 0 aliphatic carbocycles. The summed E-state index contributed by atoms with van der Waals surface area (Å²) in [5.74, 6) is -0.0507. The van der Waals surface area contributed by atoms with E-state index in [0.29, 0.717) is 11.3 Å². The lowest BCUT2D eigenvalue weighted by Gasteiger charge is -2.16. The molecule has 0 fully saturated rings. The first-order valence-electron chi connectivity index (χ1n) is 5.40. The highest BCUT2D eigenvalue weighted by molar-refractivity contribution is 6.31. The van der Waals surface area contributed by atoms with E-state index in [2.05, 4.69) is 0 Å². The third-order valence-electron chi connectivity index (χ3n) is 2.71. The Morgan fingerprint density at radius 3 is 2.56 bits per heavy atom. The van der Waals surface area contributed by atoms with Crippen LogP contribution in [0.1, 0.15) is 17.2 Å². The molecular formula is C14H12ClFO2. The molecule has 2 aromatic carbocycles. The molecule has 0 saturated heterocycles. The quantitative estimate of drug-likeness (QED) is 0.920. The molecule has 0 aromatic heterocycles. The largest absolute Gasteiger partial charge is 0.496 e. The maximum absolute atomic E-state index is 13.7. The summed E-state index contributed by atoms with van der Waals surface area (Å²) in [6.45, 7) is 0. The predicted molar refractivity (Wildman–Crippen MR) is 68.5 cm³/mol. The van der Waals surface area contributed by atoms with Gasteiger partial charge in [-0.1, -0.05) is 35.9 Å². The minimum Gasteiger partial charge on any atom is -0.496 e. The molecule has 1 N–H and O–H groups in total. The lowest BCUT2D eigenvalue weighted by molar-refractivity contribution is 0.209. The summed E-state index contributed by atoms with van der Waals surface area (Å²) in [4.78, 5) is 0. The molecule has 2 nitrogen and oxygen atoms in total. The van der Waals surface area contributed by atoms with Crippen molar-refractivity contribution in [3.05, 3.63) is 64.4 Å². The number of hydrogen-bond acceptors (Lipinski definition) is 2. The second-order valence-electron chi connectivity index (χ2n) is 3.78. The van der Waals surface area contributed by atoms with Crippen molar-refractivity contribution < 1.29 is 14.2 Å². The fourth-order valence-corrected chi connectivity index (χ4v) is 2.09. The molecule has 2 aromatic rings. The van der Waals surface area contributed by atoms with Gasteiger partial charge in [0.05, 0.1) is 7.11 Å². The zero-order valence-electron chi connectivity index (χ0n) is 9.73. The molecule has 0 aliphatic heterocycles. The van der Waals surface area contributed by atoms with Crippen LogP contribution in [-0.2, 0) is 0 Å². The summed E-state index contributed by atoms with van der Waals surface area (Å²) in [6.07, 6.45) is -1.16. The topological polar surface area (TPSA) is 29.5 Å². The lowest BCUT2D eigenvalue weighted by atomic mass is 10.00. The van der Waals surface area contributed by atoms with Crippen molar-refractivity contribution in [2.45, 2.75) is 6.10 Å². The molecule has 1 atom stereocenters. The van der Waals surface area contributed by atoms with Gasteiger partial charge >= 0.3 is 0 Å². The van der Waals surface area contributed by atoms with E-state index in [1.165, 1.54) is 19.2 Å². The van der Waals surface area contributed by atoms with E-state index in [4.69, 9.17) is 16.3 Å². The SMILES string of the molecule is COc1ccccc1C(O)c1c(F)cccc1Cl. The van der Waals surface area contributed by atoms with Gasteiger partial charge in [0.2, 0.25) is 0 Å². The number of halogens is 2. The molecule has 4 heteroatoms. The first kappa shape index (κ1) is 12.9. The standard InChI is InChI=1S/C14H12ClFO2/c1-18-12-8-3-2-5-9(12)14(17)13-10(15)6-4-7-11(13)16/h2-8,14,17H,1H3. The Labute approximate surface area is 110 Å². The van der Waals surface area contributed by atoms with E-state index >= 15 is 0 Å². The average Bonchev–Trinajstić information content (AvgIpc) is 2.38. The van der Waals surface area contributed by atoms with Crippen molar-refractivity contribution in [3.8, 4) is 5.75 Å². The van der Waals surface area contributed by atoms with Gasteiger partial charge < -0.3 is 9.84 Å². The number of ether oxygens (including phenoxy) is 1. The Bertz CT molecular complexity index is 537. The Morgan fingerprint density at radius 1 is 1.17 bits per heavy atom. The van der Waals surface area contributed by atoms with Crippen LogP contribution in [0.5, 0.6) is 5.75 Å². The molecule has 0 amide bonds. The number of aliphatic hydroxyl groups excluding tert-OH is 1. The number of aliphatic hydroxyl groups is 1. The van der Waals surface area contributed by atoms with Crippen LogP contribution in [0, 0.1) is 5.82 Å². The van der Waals surface area contributed by atoms with E-state index < -0.39 is 11.9 Å². The number of benzene rings is 2. The van der Waals surface area contributed by atoms with Crippen molar-refractivity contribution in [2.75, 3.05) is 7.11 Å². The van der Waals surface area contributed by atoms with E-state index in [-0.39, 0.29) is 10.6 Å². The molecule has 0 heterocycles. The molecule has 0 spiro atoms. The normalized spacial score (nSPS) is 12.2. The minimum absolute atomic E-state index is 0.0590. The van der Waals surface area contributed by atoms with Crippen LogP contribution < -0.4 is 4.74 Å². The van der Waals surface area contributed by atoms with Crippen LogP contribution in [0.4, 0.5) is 4.39 Å². The monoisotopic (exact) mass is 266 g/mol. The first-order chi connectivity index (χ1) is 8.65. The van der Waals surface area contributed by atoms with Gasteiger partial charge in [-0.15, -0.1) is 0 Å². The van der Waals surface area contributed by atoms with Crippen molar-refractivity contribution in [3.63, 3.8) is 0 Å². The molecule has 2 rings (SSSR count). The maximum Gasteiger partial charge on any atom is 0.130 e. The third-order valence-corrected chi connectivity index (χ3v) is 3.04. The summed E-state index contributed by atoms with van der Waals surface area (Å²) in [5, 5.41) is 10.4. The Balaban J connectivity index is 2.51. The maximum atomic E-state index is 13.7. The second kappa shape index (κ2) is 5.38. The van der Waals surface area contributed by atoms with E-state index in [1.807, 2.05) is 0 Å². The van der Waals surface area contributed by atoms with Gasteiger partial charge in [-0.2, -0.15) is 0 Å². The van der Waals surface area contributed by atoms with Crippen LogP contribution in [0.25, 0.3) is 0 Å². The summed E-state index contributed by atoms with van der Waals surface area (Å²) in [7, 11) is 1.49. The Morgan fingerprint density at radius 2 is 1.89 bits per heavy atom. The third kappa shape index (κ3) is 2.33. The van der Waals surface area contributed by atoms with Gasteiger partial charge in [0.25, 0.3) is 0 Å². The van der Waals surface area contributed by atoms with Gasteiger partial charge in [0.15, 0.2) is 0 Å². The highest BCUT2D eigenvalue weighted by Gasteiger charge is 2.21. The van der Waals surface area contributed by atoms with Crippen molar-refractivity contribution in [1.82, 2.24) is 0 Å². The second-order valence-corrected chi connectivity index (χ2v) is 4.19. The Kier molecular flexibility index (Phi) is 3.84. The highest BCUT2D eigenvalue weighted by Crippen LogP contribution is 2.34. The molecule has 0 aliphatic rings. The van der Waals surface area contributed by atoms with Gasteiger partial charge in [0.1, 0.15) is 17.7 Å². The number of para-hydroxylation sites is 1. The fraction of sp³-hybridized carbons (Fsp3) is 0.143. The average molecular weight is 267 g/mol. The molecule has 0 saturated carbocycles. The van der Waals surface area contributed by atoms with Gasteiger partial charge in [0, 0.05) is 16.1 Å². The Hall–Kier alpha value is -1.58. The number of rotatable bonds is 3. The van der Waals surface area contributed by atoms with Crippen molar-refractivity contribution >= 4 is 11.6 Å². The molecule has 0 radical (unpaired) electrons. The van der Waals surface area contributed by atoms with Crippen molar-refractivity contribution in [1.29, 1.82) is 0 Å². The van der Waals surface area contributed by atoms with E-state index in [0.717, 1.165) is 0 Å². The summed E-state index contributed by atoms with van der Waals surface area (Å²) in [5.41, 5.74) is 0.538. The zero-order valence-corrected chi connectivity index (χ0v) is 10.5. The van der Waals surface area contributed by atoms with Crippen LogP contribution in [0.3, 0.4) is 0 Å². The van der Waals surface area contributed by atoms with Gasteiger partial charge in [-0.25, -0.2) is 4.39 Å². The van der Waals surface area contributed by atoms with E-state index in [9.17, 15) is 9.50 Å². The molecule has 18 heavy (non-hydrogen) atoms. The van der Waals surface area contributed by atoms with Crippen LogP contribution in [0.2, 0.25) is 5.02 Å². The van der Waals surface area contributed by atoms with E-state index in [1.54, 1.807) is 30.3 Å². The molecule has 94 valence electrons. The zero-order chi connectivity index (χ0) is 13.1. The smallest absolute Gasteiger partial charge is 0.130 e.